The van der Waals surface area contributed by atoms with E-state index in [9.17, 15) is 0 Å². The zero-order valence-corrected chi connectivity index (χ0v) is 13.6. The molecule has 0 atom stereocenters. The highest BCUT2D eigenvalue weighted by Gasteiger charge is 2.05. The third-order valence-corrected chi connectivity index (χ3v) is 4.12. The van der Waals surface area contributed by atoms with Crippen LogP contribution in [-0.4, -0.2) is 14.2 Å². The quantitative estimate of drug-likeness (QED) is 0.840. The van der Waals surface area contributed by atoms with Crippen LogP contribution in [0.5, 0.6) is 11.5 Å². The molecule has 0 saturated carbocycles. The van der Waals surface area contributed by atoms with E-state index < -0.39 is 0 Å². The predicted octanol–water partition coefficient (Wildman–Crippen LogP) is 4.73. The van der Waals surface area contributed by atoms with E-state index in [2.05, 4.69) is 21.2 Å². The number of anilines is 1. The fraction of sp³-hybridized carbons (Fsp3) is 0.200. The molecule has 0 aliphatic rings. The lowest BCUT2D eigenvalue weighted by atomic mass is 10.2. The molecule has 2 aromatic rings. The second-order valence-corrected chi connectivity index (χ2v) is 5.42. The van der Waals surface area contributed by atoms with Crippen LogP contribution in [0.15, 0.2) is 40.9 Å². The van der Waals surface area contributed by atoms with Gasteiger partial charge in [0.1, 0.15) is 11.5 Å². The first kappa shape index (κ1) is 15.0. The summed E-state index contributed by atoms with van der Waals surface area (Å²) in [5.74, 6) is 1.62. The second-order valence-electron chi connectivity index (χ2n) is 4.16. The molecule has 0 aliphatic carbocycles. The first-order valence-electron chi connectivity index (χ1n) is 6.04. The summed E-state index contributed by atoms with van der Waals surface area (Å²) in [5.41, 5.74) is 1.97. The van der Waals surface area contributed by atoms with Gasteiger partial charge in [-0.1, -0.05) is 11.6 Å². The maximum atomic E-state index is 6.07. The van der Waals surface area contributed by atoms with Crippen molar-refractivity contribution < 1.29 is 9.47 Å². The smallest absolute Gasteiger partial charge is 0.124 e. The summed E-state index contributed by atoms with van der Waals surface area (Å²) < 4.78 is 11.5. The summed E-state index contributed by atoms with van der Waals surface area (Å²) in [7, 11) is 3.30. The number of halogens is 2. The number of rotatable bonds is 5. The Labute approximate surface area is 132 Å². The molecule has 0 radical (unpaired) electrons. The van der Waals surface area contributed by atoms with Crippen LogP contribution < -0.4 is 14.8 Å². The first-order valence-corrected chi connectivity index (χ1v) is 7.21. The van der Waals surface area contributed by atoms with Gasteiger partial charge in [-0.2, -0.15) is 0 Å². The van der Waals surface area contributed by atoms with Crippen LogP contribution in [0.1, 0.15) is 5.56 Å². The summed E-state index contributed by atoms with van der Waals surface area (Å²) >= 11 is 9.44. The fourth-order valence-corrected chi connectivity index (χ4v) is 2.25. The molecular formula is C15H15BrClNO2. The number of benzene rings is 2. The van der Waals surface area contributed by atoms with Crippen LogP contribution in [-0.2, 0) is 6.54 Å². The SMILES string of the molecule is COc1ccc(OC)c(CNc2ccc(Br)c(Cl)c2)c1. The van der Waals surface area contributed by atoms with Crippen molar-refractivity contribution in [2.24, 2.45) is 0 Å². The number of nitrogens with one attached hydrogen (secondary N) is 1. The van der Waals surface area contributed by atoms with Crippen molar-refractivity contribution in [1.29, 1.82) is 0 Å². The van der Waals surface area contributed by atoms with Gasteiger partial charge in [0.2, 0.25) is 0 Å². The normalized spacial score (nSPS) is 10.2. The Morgan fingerprint density at radius 3 is 2.55 bits per heavy atom. The molecule has 0 saturated heterocycles. The van der Waals surface area contributed by atoms with E-state index in [4.69, 9.17) is 21.1 Å². The average Bonchev–Trinajstić information content (AvgIpc) is 2.48. The summed E-state index contributed by atoms with van der Waals surface area (Å²) in [6.45, 7) is 0.623. The van der Waals surface area contributed by atoms with Gasteiger partial charge < -0.3 is 14.8 Å². The lowest BCUT2D eigenvalue weighted by Crippen LogP contribution is -2.02. The van der Waals surface area contributed by atoms with Crippen molar-refractivity contribution >= 4 is 33.2 Å². The molecule has 3 nitrogen and oxygen atoms in total. The van der Waals surface area contributed by atoms with Gasteiger partial charge in [0.15, 0.2) is 0 Å². The monoisotopic (exact) mass is 355 g/mol. The number of methoxy groups -OCH3 is 2. The third kappa shape index (κ3) is 3.58. The molecule has 106 valence electrons. The summed E-state index contributed by atoms with van der Waals surface area (Å²) in [5, 5.41) is 3.99. The largest absolute Gasteiger partial charge is 0.497 e. The second kappa shape index (κ2) is 6.86. The van der Waals surface area contributed by atoms with E-state index in [0.29, 0.717) is 11.6 Å². The maximum absolute atomic E-state index is 6.07. The van der Waals surface area contributed by atoms with Crippen LogP contribution in [0, 0.1) is 0 Å². The molecule has 0 aromatic heterocycles. The summed E-state index contributed by atoms with van der Waals surface area (Å²) in [4.78, 5) is 0. The minimum atomic E-state index is 0.623. The van der Waals surface area contributed by atoms with E-state index in [1.807, 2.05) is 36.4 Å². The average molecular weight is 357 g/mol. The van der Waals surface area contributed by atoms with E-state index in [1.54, 1.807) is 14.2 Å². The Morgan fingerprint density at radius 1 is 1.10 bits per heavy atom. The van der Waals surface area contributed by atoms with Gasteiger partial charge >= 0.3 is 0 Å². The lowest BCUT2D eigenvalue weighted by Gasteiger charge is -2.12. The van der Waals surface area contributed by atoms with Gasteiger partial charge in [0.25, 0.3) is 0 Å². The van der Waals surface area contributed by atoms with Gasteiger partial charge in [-0.3, -0.25) is 0 Å². The maximum Gasteiger partial charge on any atom is 0.124 e. The van der Waals surface area contributed by atoms with Gasteiger partial charge in [-0.15, -0.1) is 0 Å². The molecule has 20 heavy (non-hydrogen) atoms. The van der Waals surface area contributed by atoms with Gasteiger partial charge in [-0.05, 0) is 52.3 Å². The van der Waals surface area contributed by atoms with Gasteiger partial charge in [0.05, 0.1) is 19.2 Å². The molecular weight excluding hydrogens is 342 g/mol. The Balaban J connectivity index is 2.15. The molecule has 0 unspecified atom stereocenters. The molecule has 0 amide bonds. The van der Waals surface area contributed by atoms with Gasteiger partial charge in [0, 0.05) is 22.3 Å². The molecule has 0 bridgehead atoms. The molecule has 0 fully saturated rings. The Bertz CT molecular complexity index is 604. The lowest BCUT2D eigenvalue weighted by molar-refractivity contribution is 0.399. The Kier molecular flexibility index (Phi) is 5.15. The molecule has 5 heteroatoms. The first-order chi connectivity index (χ1) is 9.63. The fourth-order valence-electron chi connectivity index (χ4n) is 1.82. The van der Waals surface area contributed by atoms with Crippen molar-refractivity contribution in [3.8, 4) is 11.5 Å². The molecule has 2 aromatic carbocycles. The van der Waals surface area contributed by atoms with Crippen LogP contribution in [0.4, 0.5) is 5.69 Å². The third-order valence-electron chi connectivity index (χ3n) is 2.89. The van der Waals surface area contributed by atoms with Crippen molar-refractivity contribution in [3.63, 3.8) is 0 Å². The zero-order valence-electron chi connectivity index (χ0n) is 11.2. The predicted molar refractivity (Wildman–Crippen MR) is 86.0 cm³/mol. The van der Waals surface area contributed by atoms with Crippen LogP contribution >= 0.6 is 27.5 Å². The number of hydrogen-bond acceptors (Lipinski definition) is 3. The minimum Gasteiger partial charge on any atom is -0.497 e. The Morgan fingerprint density at radius 2 is 1.90 bits per heavy atom. The highest BCUT2D eigenvalue weighted by atomic mass is 79.9. The Hall–Kier alpha value is -1.39. The number of hydrogen-bond donors (Lipinski definition) is 1. The summed E-state index contributed by atoms with van der Waals surface area (Å²) in [6, 6.07) is 11.5. The van der Waals surface area contributed by atoms with Crippen molar-refractivity contribution in [3.05, 3.63) is 51.5 Å². The zero-order chi connectivity index (χ0) is 14.5. The molecule has 0 aliphatic heterocycles. The van der Waals surface area contributed by atoms with Crippen LogP contribution in [0.25, 0.3) is 0 Å². The highest BCUT2D eigenvalue weighted by Crippen LogP contribution is 2.28. The number of ether oxygens (including phenoxy) is 2. The standard InChI is InChI=1S/C15H15BrClNO2/c1-19-12-4-6-15(20-2)10(7-12)9-18-11-3-5-13(16)14(17)8-11/h3-8,18H,9H2,1-2H3. The van der Waals surface area contributed by atoms with E-state index in [0.717, 1.165) is 27.2 Å². The van der Waals surface area contributed by atoms with Crippen LogP contribution in [0.2, 0.25) is 5.02 Å². The van der Waals surface area contributed by atoms with Crippen LogP contribution in [0.3, 0.4) is 0 Å². The topological polar surface area (TPSA) is 30.5 Å². The highest BCUT2D eigenvalue weighted by molar-refractivity contribution is 9.10. The van der Waals surface area contributed by atoms with E-state index >= 15 is 0 Å². The molecule has 0 spiro atoms. The van der Waals surface area contributed by atoms with E-state index in [-0.39, 0.29) is 0 Å². The van der Waals surface area contributed by atoms with E-state index in [1.165, 1.54) is 0 Å². The molecule has 2 rings (SSSR count). The minimum absolute atomic E-state index is 0.623. The molecule has 0 heterocycles. The summed E-state index contributed by atoms with van der Waals surface area (Å²) in [6.07, 6.45) is 0. The van der Waals surface area contributed by atoms with Crippen molar-refractivity contribution in [2.75, 3.05) is 19.5 Å². The van der Waals surface area contributed by atoms with Crippen molar-refractivity contribution in [1.82, 2.24) is 0 Å². The van der Waals surface area contributed by atoms with Gasteiger partial charge in [-0.25, -0.2) is 0 Å². The molecule has 1 N–H and O–H groups in total. The van der Waals surface area contributed by atoms with Crippen molar-refractivity contribution in [2.45, 2.75) is 6.54 Å².